The van der Waals surface area contributed by atoms with Crippen LogP contribution in [0.1, 0.15) is 18.4 Å². The molecular formula is C19H16ClN5O2S2. The zero-order valence-electron chi connectivity index (χ0n) is 15.3. The molecule has 0 aliphatic carbocycles. The maximum Gasteiger partial charge on any atom is 0.223 e. The summed E-state index contributed by atoms with van der Waals surface area (Å²) in [5, 5.41) is 15.4. The van der Waals surface area contributed by atoms with E-state index in [0.717, 1.165) is 28.0 Å². The first-order valence-corrected chi connectivity index (χ1v) is 10.9. The van der Waals surface area contributed by atoms with Crippen molar-refractivity contribution in [2.24, 2.45) is 0 Å². The van der Waals surface area contributed by atoms with Crippen LogP contribution in [-0.2, 0) is 17.1 Å². The Balaban J connectivity index is 1.58. The van der Waals surface area contributed by atoms with Crippen LogP contribution in [0, 0.1) is 0 Å². The minimum Gasteiger partial charge on any atom is -0.467 e. The van der Waals surface area contributed by atoms with E-state index in [4.69, 9.17) is 16.0 Å². The molecule has 4 aromatic rings. The lowest BCUT2D eigenvalue weighted by Crippen LogP contribution is -2.05. The van der Waals surface area contributed by atoms with Crippen molar-refractivity contribution >= 4 is 45.7 Å². The van der Waals surface area contributed by atoms with Gasteiger partial charge in [-0.05, 0) is 36.4 Å². The second-order valence-electron chi connectivity index (χ2n) is 6.09. The highest BCUT2D eigenvalue weighted by atomic mass is 35.5. The lowest BCUT2D eigenvalue weighted by Gasteiger charge is -2.08. The minimum atomic E-state index is -0.135. The van der Waals surface area contributed by atoms with E-state index in [1.807, 2.05) is 46.3 Å². The average molecular weight is 446 g/mol. The number of thiazole rings is 1. The highest BCUT2D eigenvalue weighted by Gasteiger charge is 2.16. The van der Waals surface area contributed by atoms with E-state index in [9.17, 15) is 4.79 Å². The molecule has 3 aromatic heterocycles. The van der Waals surface area contributed by atoms with Crippen molar-refractivity contribution in [1.82, 2.24) is 19.7 Å². The average Bonchev–Trinajstić information content (AvgIpc) is 3.43. The lowest BCUT2D eigenvalue weighted by molar-refractivity contribution is -0.114. The molecule has 1 aromatic carbocycles. The van der Waals surface area contributed by atoms with E-state index in [2.05, 4.69) is 20.5 Å². The van der Waals surface area contributed by atoms with Crippen LogP contribution in [0.3, 0.4) is 0 Å². The molecule has 148 valence electrons. The van der Waals surface area contributed by atoms with E-state index in [1.165, 1.54) is 30.0 Å². The smallest absolute Gasteiger partial charge is 0.223 e. The zero-order valence-corrected chi connectivity index (χ0v) is 17.7. The van der Waals surface area contributed by atoms with Crippen LogP contribution in [0.25, 0.3) is 11.4 Å². The quantitative estimate of drug-likeness (QED) is 0.405. The maximum atomic E-state index is 11.2. The van der Waals surface area contributed by atoms with Crippen molar-refractivity contribution in [3.8, 4) is 11.4 Å². The van der Waals surface area contributed by atoms with Gasteiger partial charge in [-0.1, -0.05) is 23.4 Å². The summed E-state index contributed by atoms with van der Waals surface area (Å²) in [6, 6.07) is 11.3. The number of furan rings is 1. The van der Waals surface area contributed by atoms with Crippen molar-refractivity contribution < 1.29 is 9.21 Å². The van der Waals surface area contributed by atoms with E-state index >= 15 is 0 Å². The molecule has 0 unspecified atom stereocenters. The third kappa shape index (κ3) is 4.87. The number of amides is 1. The summed E-state index contributed by atoms with van der Waals surface area (Å²) in [6.07, 6.45) is 1.65. The molecule has 4 rings (SSSR count). The van der Waals surface area contributed by atoms with Gasteiger partial charge in [0.15, 0.2) is 16.1 Å². The highest BCUT2D eigenvalue weighted by molar-refractivity contribution is 7.98. The summed E-state index contributed by atoms with van der Waals surface area (Å²) in [6.45, 7) is 1.97. The predicted molar refractivity (Wildman–Crippen MR) is 114 cm³/mol. The predicted octanol–water partition coefficient (Wildman–Crippen LogP) is 4.95. The molecule has 29 heavy (non-hydrogen) atoms. The lowest BCUT2D eigenvalue weighted by atomic mass is 10.2. The van der Waals surface area contributed by atoms with Gasteiger partial charge in [-0.3, -0.25) is 9.36 Å². The zero-order chi connectivity index (χ0) is 20.2. The number of carbonyl (C=O) groups is 1. The molecule has 0 saturated carbocycles. The molecule has 0 saturated heterocycles. The first-order chi connectivity index (χ1) is 14.1. The number of hydrogen-bond donors (Lipinski definition) is 1. The Labute approximate surface area is 180 Å². The summed E-state index contributed by atoms with van der Waals surface area (Å²) in [5.74, 6) is 2.01. The Morgan fingerprint density at radius 3 is 2.83 bits per heavy atom. The standard InChI is InChI=1S/C19H16ClN5O2S2/c1-12(26)21-18-22-15(10-28-18)11-29-19-24-23-17(13-4-6-14(20)7-5-13)25(19)9-16-3-2-8-27-16/h2-8,10H,9,11H2,1H3,(H,21,22,26). The Hall–Kier alpha value is -2.62. The maximum absolute atomic E-state index is 11.2. The van der Waals surface area contributed by atoms with Gasteiger partial charge in [0, 0.05) is 28.6 Å². The largest absolute Gasteiger partial charge is 0.467 e. The monoisotopic (exact) mass is 445 g/mol. The summed E-state index contributed by atoms with van der Waals surface area (Å²) in [5.41, 5.74) is 1.78. The normalized spacial score (nSPS) is 11.0. The van der Waals surface area contributed by atoms with Crippen LogP contribution >= 0.6 is 34.7 Å². The van der Waals surface area contributed by atoms with Crippen LogP contribution in [0.5, 0.6) is 0 Å². The minimum absolute atomic E-state index is 0.135. The van der Waals surface area contributed by atoms with Gasteiger partial charge in [-0.2, -0.15) is 0 Å². The summed E-state index contributed by atoms with van der Waals surface area (Å²) < 4.78 is 7.53. The molecule has 0 bridgehead atoms. The molecule has 1 amide bonds. The fraction of sp³-hybridized carbons (Fsp3) is 0.158. The number of nitrogens with zero attached hydrogens (tertiary/aromatic N) is 4. The molecule has 10 heteroatoms. The van der Waals surface area contributed by atoms with Gasteiger partial charge >= 0.3 is 0 Å². The van der Waals surface area contributed by atoms with Crippen molar-refractivity contribution in [3.63, 3.8) is 0 Å². The molecule has 3 heterocycles. The van der Waals surface area contributed by atoms with Crippen molar-refractivity contribution in [1.29, 1.82) is 0 Å². The number of nitrogens with one attached hydrogen (secondary N) is 1. The number of carbonyl (C=O) groups excluding carboxylic acids is 1. The van der Waals surface area contributed by atoms with Crippen molar-refractivity contribution in [2.75, 3.05) is 5.32 Å². The number of halogens is 1. The fourth-order valence-corrected chi connectivity index (χ4v) is 4.45. The van der Waals surface area contributed by atoms with Gasteiger partial charge in [0.05, 0.1) is 18.5 Å². The molecule has 1 N–H and O–H groups in total. The first-order valence-electron chi connectivity index (χ1n) is 8.65. The number of hydrogen-bond acceptors (Lipinski definition) is 7. The second kappa shape index (κ2) is 8.81. The van der Waals surface area contributed by atoms with Crippen LogP contribution in [0.15, 0.2) is 57.6 Å². The molecule has 0 radical (unpaired) electrons. The van der Waals surface area contributed by atoms with Crippen LogP contribution in [0.4, 0.5) is 5.13 Å². The van der Waals surface area contributed by atoms with Gasteiger partial charge in [0.1, 0.15) is 5.76 Å². The van der Waals surface area contributed by atoms with Gasteiger partial charge in [0.2, 0.25) is 5.91 Å². The number of rotatable bonds is 7. The van der Waals surface area contributed by atoms with Crippen LogP contribution in [-0.4, -0.2) is 25.7 Å². The summed E-state index contributed by atoms with van der Waals surface area (Å²) >= 11 is 8.94. The molecule has 0 spiro atoms. The number of anilines is 1. The summed E-state index contributed by atoms with van der Waals surface area (Å²) in [7, 11) is 0. The third-order valence-corrected chi connectivity index (χ3v) is 5.96. The Morgan fingerprint density at radius 1 is 1.28 bits per heavy atom. The number of thioether (sulfide) groups is 1. The number of benzene rings is 1. The molecule has 0 aliphatic rings. The van der Waals surface area contributed by atoms with Gasteiger partial charge < -0.3 is 9.73 Å². The van der Waals surface area contributed by atoms with E-state index in [-0.39, 0.29) is 5.91 Å². The molecule has 0 aliphatic heterocycles. The topological polar surface area (TPSA) is 85.8 Å². The van der Waals surface area contributed by atoms with Crippen LogP contribution in [0.2, 0.25) is 5.02 Å². The highest BCUT2D eigenvalue weighted by Crippen LogP contribution is 2.29. The number of aromatic nitrogens is 4. The third-order valence-electron chi connectivity index (χ3n) is 3.90. The summed E-state index contributed by atoms with van der Waals surface area (Å²) in [4.78, 5) is 15.6. The van der Waals surface area contributed by atoms with Crippen molar-refractivity contribution in [2.45, 2.75) is 24.4 Å². The van der Waals surface area contributed by atoms with E-state index in [0.29, 0.717) is 22.5 Å². The Bertz CT molecular complexity index is 1110. The SMILES string of the molecule is CC(=O)Nc1nc(CSc2nnc(-c3ccc(Cl)cc3)n2Cc2ccco2)cs1. The molecular weight excluding hydrogens is 430 g/mol. The van der Waals surface area contributed by atoms with Crippen LogP contribution < -0.4 is 5.32 Å². The fourth-order valence-electron chi connectivity index (χ4n) is 2.63. The molecule has 0 atom stereocenters. The van der Waals surface area contributed by atoms with E-state index in [1.54, 1.807) is 6.26 Å². The molecule has 0 fully saturated rings. The second-order valence-corrected chi connectivity index (χ2v) is 8.33. The Morgan fingerprint density at radius 2 is 2.10 bits per heavy atom. The van der Waals surface area contributed by atoms with Gasteiger partial charge in [-0.25, -0.2) is 4.98 Å². The van der Waals surface area contributed by atoms with Crippen molar-refractivity contribution in [3.05, 3.63) is 64.5 Å². The van der Waals surface area contributed by atoms with Gasteiger partial charge in [0.25, 0.3) is 0 Å². The Kier molecular flexibility index (Phi) is 5.98. The van der Waals surface area contributed by atoms with E-state index < -0.39 is 0 Å². The van der Waals surface area contributed by atoms with Gasteiger partial charge in [-0.15, -0.1) is 21.5 Å². The molecule has 7 nitrogen and oxygen atoms in total. The first kappa shape index (κ1) is 19.7.